The zero-order chi connectivity index (χ0) is 18.2. The average Bonchev–Trinajstić information content (AvgIpc) is 3.38. The molecule has 0 bridgehead atoms. The maximum atomic E-state index is 5.57. The van der Waals surface area contributed by atoms with Gasteiger partial charge in [0.15, 0.2) is 5.01 Å². The number of aliphatic imine (C=N–C) groups is 1. The number of hydrogen-bond acceptors (Lipinski definition) is 8. The van der Waals surface area contributed by atoms with Crippen LogP contribution in [0, 0.1) is 0 Å². The van der Waals surface area contributed by atoms with E-state index in [2.05, 4.69) is 25.3 Å². The number of nitrogens with zero attached hydrogens (tertiary/aromatic N) is 4. The van der Waals surface area contributed by atoms with Crippen LogP contribution in [0.3, 0.4) is 0 Å². The van der Waals surface area contributed by atoms with Crippen molar-refractivity contribution in [2.75, 3.05) is 25.6 Å². The smallest absolute Gasteiger partial charge is 0.246 e. The van der Waals surface area contributed by atoms with Crippen molar-refractivity contribution in [3.05, 3.63) is 47.7 Å². The molecule has 0 saturated heterocycles. The largest absolute Gasteiger partial charge is 0.497 e. The maximum Gasteiger partial charge on any atom is 0.246 e. The second-order valence-electron chi connectivity index (χ2n) is 5.94. The maximum absolute atomic E-state index is 5.57. The van der Waals surface area contributed by atoms with Crippen molar-refractivity contribution in [1.82, 2.24) is 15.0 Å². The molecule has 0 radical (unpaired) electrons. The SMILES string of the molecule is COc1ccc(Nc2ncnc3ccc4nc(C5=NCCO5)sc4c23)cc1. The molecule has 0 aliphatic carbocycles. The Hall–Kier alpha value is -3.26. The van der Waals surface area contributed by atoms with Crippen LogP contribution in [0.15, 0.2) is 47.7 Å². The van der Waals surface area contributed by atoms with E-state index >= 15 is 0 Å². The molecule has 1 aliphatic rings. The second kappa shape index (κ2) is 6.48. The Balaban J connectivity index is 1.63. The number of hydrogen-bond donors (Lipinski definition) is 1. The molecule has 7 nitrogen and oxygen atoms in total. The van der Waals surface area contributed by atoms with Gasteiger partial charge in [-0.3, -0.25) is 0 Å². The Labute approximate surface area is 158 Å². The summed E-state index contributed by atoms with van der Waals surface area (Å²) in [5.41, 5.74) is 2.66. The summed E-state index contributed by atoms with van der Waals surface area (Å²) >= 11 is 1.55. The lowest BCUT2D eigenvalue weighted by atomic mass is 10.2. The van der Waals surface area contributed by atoms with Crippen molar-refractivity contribution in [2.24, 2.45) is 4.99 Å². The molecule has 134 valence electrons. The molecule has 5 rings (SSSR count). The molecule has 3 heterocycles. The highest BCUT2D eigenvalue weighted by Crippen LogP contribution is 2.35. The van der Waals surface area contributed by atoms with Gasteiger partial charge in [0.2, 0.25) is 5.90 Å². The van der Waals surface area contributed by atoms with Gasteiger partial charge in [-0.25, -0.2) is 19.9 Å². The number of fused-ring (bicyclic) bond motifs is 3. The van der Waals surface area contributed by atoms with E-state index in [1.54, 1.807) is 24.8 Å². The number of benzene rings is 2. The van der Waals surface area contributed by atoms with E-state index in [0.717, 1.165) is 43.4 Å². The van der Waals surface area contributed by atoms with Crippen molar-refractivity contribution in [3.8, 4) is 5.75 Å². The lowest BCUT2D eigenvalue weighted by Gasteiger charge is -2.09. The van der Waals surface area contributed by atoms with Gasteiger partial charge in [-0.1, -0.05) is 0 Å². The van der Waals surface area contributed by atoms with Gasteiger partial charge in [-0.2, -0.15) is 0 Å². The van der Waals surface area contributed by atoms with E-state index in [9.17, 15) is 0 Å². The van der Waals surface area contributed by atoms with Gasteiger partial charge in [-0.05, 0) is 36.4 Å². The number of anilines is 2. The van der Waals surface area contributed by atoms with Crippen LogP contribution in [-0.2, 0) is 4.74 Å². The molecule has 0 saturated carbocycles. The van der Waals surface area contributed by atoms with E-state index in [-0.39, 0.29) is 0 Å². The van der Waals surface area contributed by atoms with Crippen LogP contribution in [0.5, 0.6) is 5.75 Å². The normalized spacial score (nSPS) is 13.6. The van der Waals surface area contributed by atoms with E-state index in [0.29, 0.717) is 19.0 Å². The van der Waals surface area contributed by atoms with Gasteiger partial charge in [-0.15, -0.1) is 11.3 Å². The standard InChI is InChI=1S/C19H15N5O2S/c1-25-12-4-2-11(3-5-12)23-17-15-13(21-10-22-17)6-7-14-16(15)27-19(24-14)18-20-8-9-26-18/h2-7,10H,8-9H2,1H3,(H,21,22,23). The van der Waals surface area contributed by atoms with Crippen molar-refractivity contribution in [2.45, 2.75) is 0 Å². The molecule has 1 aliphatic heterocycles. The minimum absolute atomic E-state index is 0.611. The van der Waals surface area contributed by atoms with Gasteiger partial charge >= 0.3 is 0 Å². The number of ether oxygens (including phenoxy) is 2. The van der Waals surface area contributed by atoms with Crippen LogP contribution in [-0.4, -0.2) is 41.1 Å². The number of nitrogens with one attached hydrogen (secondary N) is 1. The van der Waals surface area contributed by atoms with Crippen molar-refractivity contribution >= 4 is 49.9 Å². The summed E-state index contributed by atoms with van der Waals surface area (Å²) in [6, 6.07) is 11.6. The van der Waals surface area contributed by atoms with E-state index in [1.165, 1.54) is 0 Å². The fourth-order valence-corrected chi connectivity index (χ4v) is 4.06. The number of methoxy groups -OCH3 is 1. The molecule has 0 fully saturated rings. The zero-order valence-electron chi connectivity index (χ0n) is 14.5. The van der Waals surface area contributed by atoms with E-state index in [1.807, 2.05) is 36.4 Å². The van der Waals surface area contributed by atoms with Crippen LogP contribution in [0.1, 0.15) is 5.01 Å². The van der Waals surface area contributed by atoms with Crippen LogP contribution in [0.2, 0.25) is 0 Å². The highest BCUT2D eigenvalue weighted by atomic mass is 32.1. The van der Waals surface area contributed by atoms with Gasteiger partial charge in [0, 0.05) is 5.69 Å². The first kappa shape index (κ1) is 16.0. The lowest BCUT2D eigenvalue weighted by Crippen LogP contribution is -1.99. The fraction of sp³-hybridized carbons (Fsp3) is 0.158. The first-order chi connectivity index (χ1) is 13.3. The average molecular weight is 377 g/mol. The summed E-state index contributed by atoms with van der Waals surface area (Å²) in [4.78, 5) is 17.9. The van der Waals surface area contributed by atoms with Crippen LogP contribution in [0.25, 0.3) is 21.1 Å². The second-order valence-corrected chi connectivity index (χ2v) is 6.94. The van der Waals surface area contributed by atoms with E-state index in [4.69, 9.17) is 9.47 Å². The summed E-state index contributed by atoms with van der Waals surface area (Å²) in [5, 5.41) is 5.10. The Kier molecular flexibility index (Phi) is 3.83. The molecule has 0 unspecified atom stereocenters. The van der Waals surface area contributed by atoms with Crippen LogP contribution >= 0.6 is 11.3 Å². The summed E-state index contributed by atoms with van der Waals surface area (Å²) in [5.74, 6) is 2.16. The van der Waals surface area contributed by atoms with Crippen molar-refractivity contribution < 1.29 is 9.47 Å². The molecular weight excluding hydrogens is 362 g/mol. The summed E-state index contributed by atoms with van der Waals surface area (Å²) in [6.45, 7) is 1.29. The predicted octanol–water partition coefficient (Wildman–Crippen LogP) is 3.77. The van der Waals surface area contributed by atoms with Crippen LogP contribution < -0.4 is 10.1 Å². The summed E-state index contributed by atoms with van der Waals surface area (Å²) in [6.07, 6.45) is 1.56. The summed E-state index contributed by atoms with van der Waals surface area (Å²) in [7, 11) is 1.65. The number of aromatic nitrogens is 3. The Morgan fingerprint density at radius 3 is 2.70 bits per heavy atom. The predicted molar refractivity (Wildman–Crippen MR) is 106 cm³/mol. The quantitative estimate of drug-likeness (QED) is 0.583. The minimum Gasteiger partial charge on any atom is -0.497 e. The molecule has 8 heteroatoms. The summed E-state index contributed by atoms with van der Waals surface area (Å²) < 4.78 is 11.8. The molecule has 2 aromatic carbocycles. The molecule has 0 spiro atoms. The monoisotopic (exact) mass is 377 g/mol. The molecule has 2 aromatic heterocycles. The van der Waals surface area contributed by atoms with Crippen molar-refractivity contribution in [3.63, 3.8) is 0 Å². The molecular formula is C19H15N5O2S. The van der Waals surface area contributed by atoms with Gasteiger partial charge in [0.1, 0.15) is 24.5 Å². The molecule has 0 atom stereocenters. The minimum atomic E-state index is 0.611. The Morgan fingerprint density at radius 2 is 1.93 bits per heavy atom. The third-order valence-corrected chi connectivity index (χ3v) is 5.35. The van der Waals surface area contributed by atoms with Gasteiger partial charge < -0.3 is 14.8 Å². The molecule has 1 N–H and O–H groups in total. The fourth-order valence-electron chi connectivity index (χ4n) is 2.99. The van der Waals surface area contributed by atoms with Gasteiger partial charge in [0.05, 0.1) is 34.8 Å². The molecule has 0 amide bonds. The molecule has 27 heavy (non-hydrogen) atoms. The van der Waals surface area contributed by atoms with Crippen molar-refractivity contribution in [1.29, 1.82) is 0 Å². The molecule has 4 aromatic rings. The first-order valence-electron chi connectivity index (χ1n) is 8.45. The highest BCUT2D eigenvalue weighted by molar-refractivity contribution is 7.21. The Morgan fingerprint density at radius 1 is 1.07 bits per heavy atom. The topological polar surface area (TPSA) is 81.5 Å². The zero-order valence-corrected chi connectivity index (χ0v) is 15.3. The number of thiazole rings is 1. The number of rotatable bonds is 4. The third kappa shape index (κ3) is 2.83. The van der Waals surface area contributed by atoms with E-state index < -0.39 is 0 Å². The van der Waals surface area contributed by atoms with Crippen LogP contribution in [0.4, 0.5) is 11.5 Å². The van der Waals surface area contributed by atoms with Gasteiger partial charge in [0.25, 0.3) is 0 Å². The lowest BCUT2D eigenvalue weighted by molar-refractivity contribution is 0.348. The third-order valence-electron chi connectivity index (χ3n) is 4.28. The first-order valence-corrected chi connectivity index (χ1v) is 9.26. The Bertz CT molecular complexity index is 1170. The highest BCUT2D eigenvalue weighted by Gasteiger charge is 2.18.